The summed E-state index contributed by atoms with van der Waals surface area (Å²) in [6, 6.07) is 20.0. The number of benzene rings is 3. The van der Waals surface area contributed by atoms with Crippen molar-refractivity contribution >= 4 is 22.6 Å². The van der Waals surface area contributed by atoms with Crippen molar-refractivity contribution in [3.8, 4) is 16.9 Å². The summed E-state index contributed by atoms with van der Waals surface area (Å²) in [4.78, 5) is 27.0. The first-order valence-electron chi connectivity index (χ1n) is 11.4. The van der Waals surface area contributed by atoms with E-state index in [9.17, 15) is 9.59 Å². The van der Waals surface area contributed by atoms with Crippen LogP contribution in [0.2, 0.25) is 0 Å². The van der Waals surface area contributed by atoms with Crippen molar-refractivity contribution in [3.05, 3.63) is 66.2 Å². The number of hydrogen-bond acceptors (Lipinski definition) is 3. The number of ether oxygens (including phenoxy) is 1. The number of nitrogens with zero attached hydrogens (tertiary/aromatic N) is 1. The number of fused-ring (bicyclic) bond motifs is 1. The van der Waals surface area contributed by atoms with Gasteiger partial charge in [0.15, 0.2) is 6.10 Å². The third kappa shape index (κ3) is 4.62. The number of carbonyl (C=O) groups is 2. The molecule has 1 aliphatic rings. The van der Waals surface area contributed by atoms with Gasteiger partial charge in [-0.2, -0.15) is 0 Å². The van der Waals surface area contributed by atoms with E-state index in [1.54, 1.807) is 6.92 Å². The van der Waals surface area contributed by atoms with Crippen molar-refractivity contribution in [2.45, 2.75) is 45.8 Å². The molecule has 3 aromatic rings. The summed E-state index contributed by atoms with van der Waals surface area (Å²) >= 11 is 0. The highest BCUT2D eigenvalue weighted by Gasteiger charge is 2.26. The van der Waals surface area contributed by atoms with E-state index in [1.165, 1.54) is 0 Å². The molecule has 0 spiro atoms. The van der Waals surface area contributed by atoms with Crippen LogP contribution in [0, 0.1) is 0 Å². The zero-order valence-electron chi connectivity index (χ0n) is 18.9. The summed E-state index contributed by atoms with van der Waals surface area (Å²) in [6.45, 7) is 7.12. The summed E-state index contributed by atoms with van der Waals surface area (Å²) in [5.41, 5.74) is 2.68. The minimum atomic E-state index is -0.570. The van der Waals surface area contributed by atoms with Gasteiger partial charge in [0.1, 0.15) is 5.75 Å². The fraction of sp³-hybridized carbons (Fsp3) is 0.333. The van der Waals surface area contributed by atoms with Gasteiger partial charge in [-0.3, -0.25) is 9.59 Å². The predicted molar refractivity (Wildman–Crippen MR) is 128 cm³/mol. The molecule has 1 fully saturated rings. The molecule has 3 aromatic carbocycles. The van der Waals surface area contributed by atoms with E-state index in [4.69, 9.17) is 4.74 Å². The lowest BCUT2D eigenvalue weighted by Crippen LogP contribution is -2.37. The lowest BCUT2D eigenvalue weighted by Gasteiger charge is -2.19. The van der Waals surface area contributed by atoms with Crippen molar-refractivity contribution in [3.63, 3.8) is 0 Å². The molecule has 0 aliphatic heterocycles. The minimum Gasteiger partial charge on any atom is -0.480 e. The van der Waals surface area contributed by atoms with Gasteiger partial charge >= 0.3 is 0 Å². The Hall–Kier alpha value is -3.34. The first-order valence-corrected chi connectivity index (χ1v) is 11.4. The monoisotopic (exact) mass is 430 g/mol. The number of hydrogen-bond donors (Lipinski definition) is 1. The molecule has 1 N–H and O–H groups in total. The van der Waals surface area contributed by atoms with Crippen molar-refractivity contribution in [1.82, 2.24) is 10.2 Å². The highest BCUT2D eigenvalue weighted by molar-refractivity contribution is 6.02. The molecule has 2 amide bonds. The maximum absolute atomic E-state index is 12.8. The third-order valence-corrected chi connectivity index (χ3v) is 5.95. The van der Waals surface area contributed by atoms with Gasteiger partial charge in [-0.15, -0.1) is 0 Å². The summed E-state index contributed by atoms with van der Waals surface area (Å²) < 4.78 is 6.06. The smallest absolute Gasteiger partial charge is 0.260 e. The predicted octanol–water partition coefficient (Wildman–Crippen LogP) is 5.03. The number of amides is 2. The van der Waals surface area contributed by atoms with Crippen molar-refractivity contribution in [2.75, 3.05) is 13.1 Å². The lowest BCUT2D eigenvalue weighted by atomic mass is 9.96. The lowest BCUT2D eigenvalue weighted by molar-refractivity contribution is -0.127. The molecule has 0 heterocycles. The zero-order chi connectivity index (χ0) is 22.7. The van der Waals surface area contributed by atoms with E-state index in [-0.39, 0.29) is 11.8 Å². The van der Waals surface area contributed by atoms with Crippen LogP contribution in [0.3, 0.4) is 0 Å². The Bertz CT molecular complexity index is 1130. The van der Waals surface area contributed by atoms with Crippen LogP contribution < -0.4 is 10.1 Å². The van der Waals surface area contributed by atoms with Crippen molar-refractivity contribution < 1.29 is 14.3 Å². The molecule has 166 valence electrons. The zero-order valence-corrected chi connectivity index (χ0v) is 18.9. The molecule has 0 bridgehead atoms. The first kappa shape index (κ1) is 21.9. The van der Waals surface area contributed by atoms with E-state index in [1.807, 2.05) is 79.4 Å². The number of nitrogens with one attached hydrogen (secondary N) is 1. The molecule has 32 heavy (non-hydrogen) atoms. The highest BCUT2D eigenvalue weighted by Crippen LogP contribution is 2.35. The van der Waals surface area contributed by atoms with Crippen LogP contribution >= 0.6 is 0 Å². The van der Waals surface area contributed by atoms with E-state index in [2.05, 4.69) is 5.32 Å². The van der Waals surface area contributed by atoms with Gasteiger partial charge < -0.3 is 15.0 Å². The van der Waals surface area contributed by atoms with E-state index in [0.29, 0.717) is 30.4 Å². The Morgan fingerprint density at radius 2 is 1.72 bits per heavy atom. The average Bonchev–Trinajstić information content (AvgIpc) is 3.64. The van der Waals surface area contributed by atoms with Gasteiger partial charge in [-0.1, -0.05) is 42.5 Å². The molecule has 0 saturated heterocycles. The van der Waals surface area contributed by atoms with Crippen LogP contribution in [-0.4, -0.2) is 41.9 Å². The maximum Gasteiger partial charge on any atom is 0.260 e. The Morgan fingerprint density at radius 1 is 1.00 bits per heavy atom. The topological polar surface area (TPSA) is 58.6 Å². The summed E-state index contributed by atoms with van der Waals surface area (Å²) in [6.07, 6.45) is 1.53. The Morgan fingerprint density at radius 3 is 2.41 bits per heavy atom. The second kappa shape index (κ2) is 9.43. The molecule has 0 aromatic heterocycles. The maximum atomic E-state index is 12.8. The van der Waals surface area contributed by atoms with Crippen LogP contribution in [0.25, 0.3) is 21.9 Å². The first-order chi connectivity index (χ1) is 15.5. The Kier molecular flexibility index (Phi) is 6.45. The van der Waals surface area contributed by atoms with E-state index < -0.39 is 6.10 Å². The van der Waals surface area contributed by atoms with Crippen LogP contribution in [0.15, 0.2) is 60.7 Å². The summed E-state index contributed by atoms with van der Waals surface area (Å²) in [5, 5.41) is 4.96. The Labute approximate surface area is 189 Å². The van der Waals surface area contributed by atoms with Crippen molar-refractivity contribution in [1.29, 1.82) is 0 Å². The summed E-state index contributed by atoms with van der Waals surface area (Å²) in [7, 11) is 0. The van der Waals surface area contributed by atoms with Crippen LogP contribution in [0.4, 0.5) is 0 Å². The molecule has 1 aliphatic carbocycles. The van der Waals surface area contributed by atoms with E-state index in [0.717, 1.165) is 34.7 Å². The standard InChI is InChI=1S/C27H30N2O3/c1-4-29(5-2)27(31)20-10-8-9-19(17-20)22-15-16-25(24-12-7-6-11-23(22)24)32-18(3)26(30)28-21-13-14-21/h6-12,15-18,21H,4-5,13-14H2,1-3H3,(H,28,30). The minimum absolute atomic E-state index is 0.0385. The van der Waals surface area contributed by atoms with Crippen LogP contribution in [0.1, 0.15) is 44.0 Å². The van der Waals surface area contributed by atoms with Gasteiger partial charge in [-0.25, -0.2) is 0 Å². The van der Waals surface area contributed by atoms with Gasteiger partial charge in [-0.05, 0) is 68.3 Å². The van der Waals surface area contributed by atoms with Gasteiger partial charge in [0.05, 0.1) is 0 Å². The van der Waals surface area contributed by atoms with Crippen molar-refractivity contribution in [2.24, 2.45) is 0 Å². The third-order valence-electron chi connectivity index (χ3n) is 5.95. The molecule has 4 rings (SSSR count). The van der Waals surface area contributed by atoms with Gasteiger partial charge in [0, 0.05) is 30.1 Å². The highest BCUT2D eigenvalue weighted by atomic mass is 16.5. The fourth-order valence-electron chi connectivity index (χ4n) is 3.93. The molecule has 0 radical (unpaired) electrons. The molecule has 5 heteroatoms. The molecule has 1 atom stereocenters. The SMILES string of the molecule is CCN(CC)C(=O)c1cccc(-c2ccc(OC(C)C(=O)NC3CC3)c3ccccc23)c1. The summed E-state index contributed by atoms with van der Waals surface area (Å²) in [5.74, 6) is 0.637. The van der Waals surface area contributed by atoms with Gasteiger partial charge in [0.2, 0.25) is 0 Å². The van der Waals surface area contributed by atoms with E-state index >= 15 is 0 Å². The molecule has 5 nitrogen and oxygen atoms in total. The molecule has 1 saturated carbocycles. The largest absolute Gasteiger partial charge is 0.480 e. The quantitative estimate of drug-likeness (QED) is 0.545. The fourth-order valence-corrected chi connectivity index (χ4v) is 3.93. The average molecular weight is 431 g/mol. The number of rotatable bonds is 8. The molecule has 1 unspecified atom stereocenters. The Balaban J connectivity index is 1.66. The molecular weight excluding hydrogens is 400 g/mol. The normalized spacial score (nSPS) is 14.1. The number of carbonyl (C=O) groups excluding carboxylic acids is 2. The van der Waals surface area contributed by atoms with Crippen LogP contribution in [0.5, 0.6) is 5.75 Å². The second-order valence-electron chi connectivity index (χ2n) is 8.26. The van der Waals surface area contributed by atoms with Gasteiger partial charge in [0.25, 0.3) is 11.8 Å². The van der Waals surface area contributed by atoms with Crippen LogP contribution in [-0.2, 0) is 4.79 Å². The second-order valence-corrected chi connectivity index (χ2v) is 8.26. The molecular formula is C27H30N2O3.